The van der Waals surface area contributed by atoms with Crippen LogP contribution in [0.15, 0.2) is 22.9 Å². The van der Waals surface area contributed by atoms with Crippen molar-refractivity contribution in [1.82, 2.24) is 9.88 Å². The van der Waals surface area contributed by atoms with Crippen LogP contribution in [-0.4, -0.2) is 54.9 Å². The van der Waals surface area contributed by atoms with Crippen molar-refractivity contribution in [2.75, 3.05) is 13.1 Å². The molecule has 1 spiro atoms. The lowest BCUT2D eigenvalue weighted by Crippen LogP contribution is -2.53. The Morgan fingerprint density at radius 1 is 1.25 bits per heavy atom. The highest BCUT2D eigenvalue weighted by Gasteiger charge is 2.49. The van der Waals surface area contributed by atoms with E-state index in [2.05, 4.69) is 9.38 Å². The summed E-state index contributed by atoms with van der Waals surface area (Å²) in [5.74, 6) is 0.651. The average Bonchev–Trinajstić information content (AvgIpc) is 2.86. The van der Waals surface area contributed by atoms with Crippen molar-refractivity contribution >= 4 is 22.8 Å². The molecule has 1 aromatic rings. The zero-order chi connectivity index (χ0) is 20.7. The number of amides is 1. The van der Waals surface area contributed by atoms with Crippen LogP contribution in [0.4, 0.5) is 4.79 Å². The van der Waals surface area contributed by atoms with Crippen LogP contribution in [-0.2, 0) is 15.7 Å². The zero-order valence-electron chi connectivity index (χ0n) is 17.4. The number of aromatic nitrogens is 1. The van der Waals surface area contributed by atoms with Crippen LogP contribution < -0.4 is 4.74 Å². The lowest BCUT2D eigenvalue weighted by Gasteiger charge is -2.39. The number of rotatable bonds is 1. The van der Waals surface area contributed by atoms with Crippen molar-refractivity contribution in [2.45, 2.75) is 70.3 Å². The molecule has 8 heteroatoms. The van der Waals surface area contributed by atoms with E-state index < -0.39 is 26.9 Å². The maximum atomic E-state index is 12.8. The minimum atomic E-state index is -1.41. The van der Waals surface area contributed by atoms with E-state index in [1.54, 1.807) is 17.3 Å². The number of carbonyl (C=O) groups is 1. The maximum absolute atomic E-state index is 12.8. The summed E-state index contributed by atoms with van der Waals surface area (Å²) >= 11 is 0. The summed E-state index contributed by atoms with van der Waals surface area (Å²) in [4.78, 5) is 18.2. The van der Waals surface area contributed by atoms with Gasteiger partial charge in [0.1, 0.15) is 28.0 Å². The van der Waals surface area contributed by atoms with Crippen molar-refractivity contribution in [1.29, 1.82) is 0 Å². The van der Waals surface area contributed by atoms with Gasteiger partial charge in [-0.25, -0.2) is 9.00 Å². The Labute approximate surface area is 169 Å². The van der Waals surface area contributed by atoms with Gasteiger partial charge < -0.3 is 14.4 Å². The van der Waals surface area contributed by atoms with Crippen LogP contribution in [0.5, 0.6) is 5.75 Å². The van der Waals surface area contributed by atoms with Crippen molar-refractivity contribution in [3.05, 3.63) is 24.0 Å². The van der Waals surface area contributed by atoms with Gasteiger partial charge >= 0.3 is 6.09 Å². The van der Waals surface area contributed by atoms with Gasteiger partial charge in [-0.15, -0.1) is 0 Å². The summed E-state index contributed by atoms with van der Waals surface area (Å²) in [6, 6.07) is 1.85. The highest BCUT2D eigenvalue weighted by molar-refractivity contribution is 7.85. The topological polar surface area (TPSA) is 81.1 Å². The minimum absolute atomic E-state index is 0.323. The molecule has 0 aromatic carbocycles. The van der Waals surface area contributed by atoms with E-state index in [1.807, 2.05) is 47.6 Å². The predicted molar refractivity (Wildman–Crippen MR) is 109 cm³/mol. The molecule has 1 saturated heterocycles. The molecule has 0 radical (unpaired) electrons. The Morgan fingerprint density at radius 3 is 2.46 bits per heavy atom. The molecule has 7 nitrogen and oxygen atoms in total. The second kappa shape index (κ2) is 7.13. The van der Waals surface area contributed by atoms with Gasteiger partial charge in [-0.3, -0.25) is 4.98 Å². The first-order valence-electron chi connectivity index (χ1n) is 9.54. The second-order valence-corrected chi connectivity index (χ2v) is 11.1. The second-order valence-electron chi connectivity index (χ2n) is 9.24. The molecule has 0 bridgehead atoms. The molecule has 154 valence electrons. The summed E-state index contributed by atoms with van der Waals surface area (Å²) in [5.41, 5.74) is 0.305. The SMILES string of the molecule is CC(C)(C)OC(=O)N1CCC2(CC1)Oc1cnccc1C2=N[S@@](=O)C(C)(C)C. The smallest absolute Gasteiger partial charge is 0.410 e. The highest BCUT2D eigenvalue weighted by Crippen LogP contribution is 2.41. The van der Waals surface area contributed by atoms with E-state index in [0.717, 1.165) is 5.56 Å². The molecule has 2 aliphatic heterocycles. The summed E-state index contributed by atoms with van der Waals surface area (Å²) in [5, 5.41) is 0. The number of piperidine rings is 1. The van der Waals surface area contributed by atoms with Gasteiger partial charge in [0.05, 0.1) is 10.9 Å². The van der Waals surface area contributed by atoms with Gasteiger partial charge in [-0.2, -0.15) is 4.40 Å². The first-order valence-corrected chi connectivity index (χ1v) is 10.6. The molecule has 0 N–H and O–H groups in total. The maximum Gasteiger partial charge on any atom is 0.410 e. The summed E-state index contributed by atoms with van der Waals surface area (Å²) < 4.78 is 28.6. The molecule has 3 rings (SSSR count). The van der Waals surface area contributed by atoms with Crippen LogP contribution >= 0.6 is 0 Å². The fraction of sp³-hybridized carbons (Fsp3) is 0.650. The van der Waals surface area contributed by atoms with E-state index in [-0.39, 0.29) is 6.09 Å². The molecule has 0 unspecified atom stereocenters. The quantitative estimate of drug-likeness (QED) is 0.712. The molecular formula is C20H29N3O4S. The molecule has 3 heterocycles. The number of ether oxygens (including phenoxy) is 2. The predicted octanol–water partition coefficient (Wildman–Crippen LogP) is 3.50. The van der Waals surface area contributed by atoms with Gasteiger partial charge in [0.2, 0.25) is 0 Å². The lowest BCUT2D eigenvalue weighted by molar-refractivity contribution is 0.00603. The summed E-state index contributed by atoms with van der Waals surface area (Å²) in [6.07, 6.45) is 4.14. The van der Waals surface area contributed by atoms with E-state index in [1.165, 1.54) is 0 Å². The molecule has 0 aliphatic carbocycles. The Hall–Kier alpha value is -1.96. The van der Waals surface area contributed by atoms with Crippen molar-refractivity contribution in [3.63, 3.8) is 0 Å². The molecule has 1 aromatic heterocycles. The number of fused-ring (bicyclic) bond motifs is 1. The van der Waals surface area contributed by atoms with Crippen molar-refractivity contribution in [3.8, 4) is 5.75 Å². The fourth-order valence-electron chi connectivity index (χ4n) is 3.23. The molecule has 28 heavy (non-hydrogen) atoms. The molecule has 0 saturated carbocycles. The van der Waals surface area contributed by atoms with Crippen LogP contribution in [0.2, 0.25) is 0 Å². The van der Waals surface area contributed by atoms with Gasteiger partial charge in [0.25, 0.3) is 0 Å². The normalized spacial score (nSPS) is 21.4. The van der Waals surface area contributed by atoms with Gasteiger partial charge in [-0.1, -0.05) is 0 Å². The van der Waals surface area contributed by atoms with E-state index in [4.69, 9.17) is 9.47 Å². The standard InChI is InChI=1S/C20H29N3O4S/c1-18(2,3)27-17(24)23-11-8-20(9-12-23)16(22-28(25)19(4,5)6)14-7-10-21-13-15(14)26-20/h7,10,13H,8-9,11-12H2,1-6H3/t28-/m0/s1. The molecule has 2 aliphatic rings. The first-order chi connectivity index (χ1) is 12.9. The Kier molecular flexibility index (Phi) is 5.29. The monoisotopic (exact) mass is 407 g/mol. The zero-order valence-corrected chi connectivity index (χ0v) is 18.3. The number of likely N-dealkylation sites (tertiary alicyclic amines) is 1. The van der Waals surface area contributed by atoms with E-state index >= 15 is 0 Å². The number of pyridine rings is 1. The minimum Gasteiger partial charge on any atom is -0.478 e. The van der Waals surface area contributed by atoms with Crippen LogP contribution in [0.1, 0.15) is 59.9 Å². The average molecular weight is 408 g/mol. The third-order valence-electron chi connectivity index (χ3n) is 4.70. The molecule has 1 fully saturated rings. The molecule has 1 amide bonds. The lowest BCUT2D eigenvalue weighted by atomic mass is 9.85. The Balaban J connectivity index is 1.86. The first kappa shape index (κ1) is 20.8. The van der Waals surface area contributed by atoms with E-state index in [0.29, 0.717) is 37.4 Å². The number of hydrogen-bond donors (Lipinski definition) is 0. The van der Waals surface area contributed by atoms with Crippen LogP contribution in [0.3, 0.4) is 0 Å². The summed E-state index contributed by atoms with van der Waals surface area (Å²) in [6.45, 7) is 12.2. The third-order valence-corrected chi connectivity index (χ3v) is 6.09. The van der Waals surface area contributed by atoms with E-state index in [9.17, 15) is 9.00 Å². The number of hydrogen-bond acceptors (Lipinski definition) is 5. The summed E-state index contributed by atoms with van der Waals surface area (Å²) in [7, 11) is -1.41. The fourth-order valence-corrected chi connectivity index (χ4v) is 3.93. The van der Waals surface area contributed by atoms with Crippen LogP contribution in [0, 0.1) is 0 Å². The van der Waals surface area contributed by atoms with Crippen LogP contribution in [0.25, 0.3) is 0 Å². The number of nitrogens with zero attached hydrogens (tertiary/aromatic N) is 3. The molecule has 1 atom stereocenters. The van der Waals surface area contributed by atoms with Gasteiger partial charge in [-0.05, 0) is 47.6 Å². The Morgan fingerprint density at radius 2 is 1.89 bits per heavy atom. The molecular weight excluding hydrogens is 378 g/mol. The van der Waals surface area contributed by atoms with Crippen molar-refractivity contribution in [2.24, 2.45) is 4.40 Å². The van der Waals surface area contributed by atoms with Gasteiger partial charge in [0, 0.05) is 37.7 Å². The van der Waals surface area contributed by atoms with Gasteiger partial charge in [0.15, 0.2) is 5.60 Å². The largest absolute Gasteiger partial charge is 0.478 e. The third kappa shape index (κ3) is 4.21. The van der Waals surface area contributed by atoms with Crippen molar-refractivity contribution < 1.29 is 18.5 Å². The Bertz CT molecular complexity index is 815. The number of carbonyl (C=O) groups excluding carboxylic acids is 1. The highest BCUT2D eigenvalue weighted by atomic mass is 32.2.